The maximum Gasteiger partial charge on any atom is 0.522 e. The molecule has 1 aromatic carbocycles. The third-order valence-electron chi connectivity index (χ3n) is 5.14. The van der Waals surface area contributed by atoms with Gasteiger partial charge in [-0.25, -0.2) is 0 Å². The summed E-state index contributed by atoms with van der Waals surface area (Å²) in [6, 6.07) is 2.53. The van der Waals surface area contributed by atoms with Gasteiger partial charge in [0.1, 0.15) is 0 Å². The second-order valence-electron chi connectivity index (χ2n) is 7.79. The fourth-order valence-electron chi connectivity index (χ4n) is 3.38. The lowest BCUT2D eigenvalue weighted by Gasteiger charge is -2.21. The normalized spacial score (nSPS) is 11.9. The molecule has 0 unspecified atom stereocenters. The van der Waals surface area contributed by atoms with Crippen molar-refractivity contribution in [1.29, 1.82) is 0 Å². The molecule has 8 heteroatoms. The highest BCUT2D eigenvalue weighted by Gasteiger charge is 2.44. The zero-order valence-electron chi connectivity index (χ0n) is 19.2. The van der Waals surface area contributed by atoms with E-state index in [1.54, 1.807) is 22.3 Å². The summed E-state index contributed by atoms with van der Waals surface area (Å²) in [5.74, 6) is 0. The average Bonchev–Trinajstić information content (AvgIpc) is 2.67. The lowest BCUT2D eigenvalue weighted by molar-refractivity contribution is -0.0510. The molecule has 0 fully saturated rings. The third kappa shape index (κ3) is 11.4. The van der Waals surface area contributed by atoms with Crippen LogP contribution in [0.5, 0.6) is 0 Å². The lowest BCUT2D eigenvalue weighted by atomic mass is 9.86. The van der Waals surface area contributed by atoms with E-state index in [0.717, 1.165) is 0 Å². The Morgan fingerprint density at radius 1 is 0.774 bits per heavy atom. The largest absolute Gasteiger partial charge is 0.522 e. The van der Waals surface area contributed by atoms with Crippen LogP contribution in [0.25, 0.3) is 0 Å². The van der Waals surface area contributed by atoms with Crippen molar-refractivity contribution >= 4 is 32.7 Å². The van der Waals surface area contributed by atoms with E-state index in [0.29, 0.717) is 0 Å². The van der Waals surface area contributed by atoms with Crippen molar-refractivity contribution in [2.24, 2.45) is 0 Å². The van der Waals surface area contributed by atoms with E-state index in [1.807, 2.05) is 0 Å². The third-order valence-corrected chi connectivity index (χ3v) is 6.69. The first-order chi connectivity index (χ1) is 14.4. The van der Waals surface area contributed by atoms with Crippen LogP contribution in [0.2, 0.25) is 0 Å². The fourth-order valence-corrected chi connectivity index (χ4v) is 4.35. The summed E-state index contributed by atoms with van der Waals surface area (Å²) in [5.41, 5.74) is 1.29. The molecular formula is C23H38F3IO3S. The van der Waals surface area contributed by atoms with Crippen molar-refractivity contribution in [2.75, 3.05) is 0 Å². The summed E-state index contributed by atoms with van der Waals surface area (Å²) in [7, 11) is -5.84. The monoisotopic (exact) mass is 578 g/mol. The Kier molecular flexibility index (Phi) is 15.3. The van der Waals surface area contributed by atoms with Crippen molar-refractivity contribution in [3.05, 3.63) is 31.9 Å². The van der Waals surface area contributed by atoms with Crippen LogP contribution in [0.15, 0.2) is 6.07 Å². The van der Waals surface area contributed by atoms with E-state index >= 15 is 0 Å². The van der Waals surface area contributed by atoms with E-state index in [9.17, 15) is 13.2 Å². The van der Waals surface area contributed by atoms with Crippen LogP contribution in [0, 0.1) is 3.57 Å². The number of aryl methyl sites for hydroxylation is 1. The topological polar surface area (TPSA) is 54.4 Å². The number of hydrogen-bond acceptors (Lipinski definition) is 2. The molecule has 3 nitrogen and oxygen atoms in total. The van der Waals surface area contributed by atoms with Gasteiger partial charge in [-0.3, -0.25) is 4.55 Å². The highest BCUT2D eigenvalue weighted by molar-refractivity contribution is 14.1. The highest BCUT2D eigenvalue weighted by Crippen LogP contribution is 2.30. The standard InChI is InChI=1S/C22H37I.CHF3O3S/c1-5-9-13-18-17-22(23)21(16-12-8-4)20(15-11-7-3)19(18)14-10-6-2;2-1(3,4)8(5,6)7/h17H,5-16H2,1-4H3;(H,5,6,7). The summed E-state index contributed by atoms with van der Waals surface area (Å²) < 4.78 is 59.1. The molecule has 0 saturated carbocycles. The van der Waals surface area contributed by atoms with E-state index in [2.05, 4.69) is 56.4 Å². The van der Waals surface area contributed by atoms with Gasteiger partial charge >= 0.3 is 15.6 Å². The molecule has 0 heterocycles. The number of hydrogen-bond donors (Lipinski definition) is 1. The van der Waals surface area contributed by atoms with Gasteiger partial charge in [0.15, 0.2) is 0 Å². The predicted molar refractivity (Wildman–Crippen MR) is 131 cm³/mol. The Balaban J connectivity index is 0.000000954. The SMILES string of the molecule is CCCCc1cc(I)c(CCCC)c(CCCC)c1CCCC.O=S(=O)(O)C(F)(F)F. The molecule has 0 atom stereocenters. The summed E-state index contributed by atoms with van der Waals surface area (Å²) in [6.07, 6.45) is 15.7. The van der Waals surface area contributed by atoms with Gasteiger partial charge in [-0.15, -0.1) is 0 Å². The van der Waals surface area contributed by atoms with Crippen LogP contribution in [-0.2, 0) is 35.8 Å². The molecule has 0 aliphatic carbocycles. The van der Waals surface area contributed by atoms with E-state index in [4.69, 9.17) is 13.0 Å². The van der Waals surface area contributed by atoms with Gasteiger partial charge in [-0.05, 0) is 102 Å². The molecule has 1 N–H and O–H groups in total. The summed E-state index contributed by atoms with van der Waals surface area (Å²) in [5, 5.41) is 0. The number of alkyl halides is 3. The van der Waals surface area contributed by atoms with Crippen LogP contribution >= 0.6 is 22.6 Å². The second kappa shape index (κ2) is 15.5. The van der Waals surface area contributed by atoms with E-state index < -0.39 is 15.6 Å². The molecule has 0 radical (unpaired) electrons. The van der Waals surface area contributed by atoms with Crippen LogP contribution in [-0.4, -0.2) is 18.5 Å². The van der Waals surface area contributed by atoms with Crippen LogP contribution in [0.1, 0.15) is 101 Å². The molecule has 1 aromatic rings. The highest BCUT2D eigenvalue weighted by atomic mass is 127. The summed E-state index contributed by atoms with van der Waals surface area (Å²) >= 11 is 2.61. The van der Waals surface area contributed by atoms with Crippen LogP contribution in [0.4, 0.5) is 13.2 Å². The average molecular weight is 579 g/mol. The van der Waals surface area contributed by atoms with Crippen molar-refractivity contribution in [1.82, 2.24) is 0 Å². The number of benzene rings is 1. The Labute approximate surface area is 200 Å². The van der Waals surface area contributed by atoms with Crippen molar-refractivity contribution in [2.45, 2.75) is 110 Å². The van der Waals surface area contributed by atoms with Crippen LogP contribution < -0.4 is 0 Å². The molecule has 31 heavy (non-hydrogen) atoms. The molecule has 0 bridgehead atoms. The molecule has 0 spiro atoms. The lowest BCUT2D eigenvalue weighted by Crippen LogP contribution is -2.21. The number of unbranched alkanes of at least 4 members (excludes halogenated alkanes) is 4. The second-order valence-corrected chi connectivity index (χ2v) is 10.4. The zero-order chi connectivity index (χ0) is 24.1. The Morgan fingerprint density at radius 2 is 1.13 bits per heavy atom. The molecule has 0 aliphatic heterocycles. The zero-order valence-corrected chi connectivity index (χ0v) is 22.2. The van der Waals surface area contributed by atoms with Crippen LogP contribution in [0.3, 0.4) is 0 Å². The van der Waals surface area contributed by atoms with E-state index in [-0.39, 0.29) is 0 Å². The predicted octanol–water partition coefficient (Wildman–Crippen LogP) is 8.06. The van der Waals surface area contributed by atoms with Gasteiger partial charge in [-0.2, -0.15) is 21.6 Å². The first-order valence-corrected chi connectivity index (χ1v) is 13.8. The minimum atomic E-state index is -5.84. The smallest absolute Gasteiger partial charge is 0.279 e. The number of halogens is 4. The Hall–Kier alpha value is -0.350. The van der Waals surface area contributed by atoms with Gasteiger partial charge in [0, 0.05) is 3.57 Å². The van der Waals surface area contributed by atoms with E-state index in [1.165, 1.54) is 80.6 Å². The minimum absolute atomic E-state index is 1.28. The Bertz CT molecular complexity index is 747. The molecule has 182 valence electrons. The molecule has 0 amide bonds. The first kappa shape index (κ1) is 30.6. The summed E-state index contributed by atoms with van der Waals surface area (Å²) in [6.45, 7) is 9.27. The molecule has 1 rings (SSSR count). The quantitative estimate of drug-likeness (QED) is 0.155. The fraction of sp³-hybridized carbons (Fsp3) is 0.739. The molecule has 0 saturated heterocycles. The number of rotatable bonds is 12. The first-order valence-electron chi connectivity index (χ1n) is 11.3. The summed E-state index contributed by atoms with van der Waals surface area (Å²) in [4.78, 5) is 0. The van der Waals surface area contributed by atoms with Gasteiger partial charge in [0.25, 0.3) is 0 Å². The Morgan fingerprint density at radius 3 is 1.52 bits per heavy atom. The molecular weight excluding hydrogens is 540 g/mol. The van der Waals surface area contributed by atoms with Crippen molar-refractivity contribution in [3.63, 3.8) is 0 Å². The van der Waals surface area contributed by atoms with Gasteiger partial charge in [0.05, 0.1) is 0 Å². The van der Waals surface area contributed by atoms with Crippen molar-refractivity contribution in [3.8, 4) is 0 Å². The minimum Gasteiger partial charge on any atom is -0.279 e. The van der Waals surface area contributed by atoms with Gasteiger partial charge in [0.2, 0.25) is 0 Å². The van der Waals surface area contributed by atoms with Gasteiger partial charge in [-0.1, -0.05) is 53.4 Å². The van der Waals surface area contributed by atoms with Gasteiger partial charge < -0.3 is 0 Å². The molecule has 0 aliphatic rings. The maximum absolute atomic E-state index is 10.7. The maximum atomic E-state index is 10.7. The van der Waals surface area contributed by atoms with Crippen molar-refractivity contribution < 1.29 is 26.1 Å². The molecule has 0 aromatic heterocycles.